The number of benzene rings is 1. The number of thiophene rings is 1. The summed E-state index contributed by atoms with van der Waals surface area (Å²) in [4.78, 5) is 14.6. The zero-order chi connectivity index (χ0) is 17.9. The fourth-order valence-corrected chi connectivity index (χ4v) is 5.78. The van der Waals surface area contributed by atoms with Gasteiger partial charge in [0.1, 0.15) is 0 Å². The van der Waals surface area contributed by atoms with Gasteiger partial charge in [-0.2, -0.15) is 0 Å². The van der Waals surface area contributed by atoms with E-state index in [1.54, 1.807) is 6.07 Å². The van der Waals surface area contributed by atoms with Crippen LogP contribution < -0.4 is 4.74 Å². The topological polar surface area (TPSA) is 63.7 Å². The first-order valence-corrected chi connectivity index (χ1v) is 10.5. The third-order valence-electron chi connectivity index (χ3n) is 4.14. The van der Waals surface area contributed by atoms with Gasteiger partial charge in [0, 0.05) is 18.0 Å². The molecular weight excluding hydrogens is 365 g/mol. The second kappa shape index (κ2) is 7.53. The summed E-state index contributed by atoms with van der Waals surface area (Å²) in [5.41, 5.74) is 0. The Bertz CT molecular complexity index is 836. The van der Waals surface area contributed by atoms with E-state index >= 15 is 0 Å². The van der Waals surface area contributed by atoms with Gasteiger partial charge in [-0.25, -0.2) is 12.8 Å². The summed E-state index contributed by atoms with van der Waals surface area (Å²) < 4.78 is 43.7. The van der Waals surface area contributed by atoms with Gasteiger partial charge in [0.05, 0.1) is 11.0 Å². The Hall–Kier alpha value is -1.93. The highest BCUT2D eigenvalue weighted by atomic mass is 32.2. The lowest BCUT2D eigenvalue weighted by Crippen LogP contribution is -2.37. The molecular formula is C17H18FNO4S2. The highest BCUT2D eigenvalue weighted by molar-refractivity contribution is 7.91. The van der Waals surface area contributed by atoms with Crippen molar-refractivity contribution in [3.63, 3.8) is 0 Å². The molecule has 0 unspecified atom stereocenters. The summed E-state index contributed by atoms with van der Waals surface area (Å²) in [7, 11) is -3.31. The molecule has 0 saturated carbocycles. The van der Waals surface area contributed by atoms with Crippen LogP contribution in [-0.2, 0) is 14.6 Å². The normalized spacial score (nSPS) is 20.0. The smallest absolute Gasteiger partial charge is 0.260 e. The van der Waals surface area contributed by atoms with Crippen LogP contribution in [-0.4, -0.2) is 44.7 Å². The van der Waals surface area contributed by atoms with Gasteiger partial charge in [-0.15, -0.1) is 11.3 Å². The number of rotatable bonds is 4. The monoisotopic (exact) mass is 383 g/mol. The number of carbonyl (C=O) groups is 1. The number of sulfone groups is 1. The van der Waals surface area contributed by atoms with Crippen molar-refractivity contribution in [2.45, 2.75) is 11.7 Å². The highest BCUT2D eigenvalue weighted by Crippen LogP contribution is 2.32. The Balaban J connectivity index is 1.64. The van der Waals surface area contributed by atoms with Gasteiger partial charge in [-0.3, -0.25) is 4.79 Å². The molecule has 8 heteroatoms. The molecule has 1 aromatic heterocycles. The number of para-hydroxylation sites is 1. The minimum absolute atomic E-state index is 0.00903. The van der Waals surface area contributed by atoms with Crippen LogP contribution in [0.25, 0.3) is 0 Å². The molecule has 2 heterocycles. The molecule has 1 saturated heterocycles. The second-order valence-electron chi connectivity index (χ2n) is 5.76. The molecule has 25 heavy (non-hydrogen) atoms. The summed E-state index contributed by atoms with van der Waals surface area (Å²) in [6, 6.07) is 9.49. The Morgan fingerprint density at radius 3 is 2.76 bits per heavy atom. The van der Waals surface area contributed by atoms with Gasteiger partial charge in [-0.05, 0) is 30.0 Å². The number of ether oxygens (including phenoxy) is 1. The third kappa shape index (κ3) is 4.19. The Morgan fingerprint density at radius 1 is 1.24 bits per heavy atom. The molecule has 1 aliphatic heterocycles. The Morgan fingerprint density at radius 2 is 2.04 bits per heavy atom. The van der Waals surface area contributed by atoms with Crippen LogP contribution in [0.1, 0.15) is 16.5 Å². The average Bonchev–Trinajstić information content (AvgIpc) is 3.05. The van der Waals surface area contributed by atoms with E-state index in [0.29, 0.717) is 13.0 Å². The predicted molar refractivity (Wildman–Crippen MR) is 93.9 cm³/mol. The standard InChI is InChI=1S/C17H18FNO4S2/c18-13-4-1-2-5-14(13)23-12-17(20)19-8-7-16(15-6-3-10-24-15)25(21,22)11-9-19/h1-6,10,16H,7-9,11-12H2/t16-/m0/s1. The number of nitrogens with zero attached hydrogens (tertiary/aromatic N) is 1. The summed E-state index contributed by atoms with van der Waals surface area (Å²) in [6.45, 7) is 0.148. The van der Waals surface area contributed by atoms with Crippen LogP contribution in [0.2, 0.25) is 0 Å². The van der Waals surface area contributed by atoms with E-state index in [-0.39, 0.29) is 30.6 Å². The lowest BCUT2D eigenvalue weighted by Gasteiger charge is -2.20. The third-order valence-corrected chi connectivity index (χ3v) is 7.38. The molecule has 0 spiro atoms. The summed E-state index contributed by atoms with van der Waals surface area (Å²) in [5.74, 6) is -0.951. The van der Waals surface area contributed by atoms with E-state index in [1.807, 2.05) is 17.5 Å². The quantitative estimate of drug-likeness (QED) is 0.814. The second-order valence-corrected chi connectivity index (χ2v) is 9.04. The predicted octanol–water partition coefficient (Wildman–Crippen LogP) is 2.65. The number of hydrogen-bond donors (Lipinski definition) is 0. The Kier molecular flexibility index (Phi) is 5.39. The fraction of sp³-hybridized carbons (Fsp3) is 0.353. The van der Waals surface area contributed by atoms with Crippen LogP contribution >= 0.6 is 11.3 Å². The minimum atomic E-state index is -3.31. The van der Waals surface area contributed by atoms with Crippen molar-refractivity contribution < 1.29 is 22.3 Å². The summed E-state index contributed by atoms with van der Waals surface area (Å²) in [5, 5.41) is 1.28. The number of carbonyl (C=O) groups excluding carboxylic acids is 1. The Labute approximate surface area is 150 Å². The number of halogens is 1. The molecule has 2 aromatic rings. The van der Waals surface area contributed by atoms with E-state index in [4.69, 9.17) is 4.74 Å². The van der Waals surface area contributed by atoms with Crippen molar-refractivity contribution in [1.29, 1.82) is 0 Å². The number of amides is 1. The van der Waals surface area contributed by atoms with Crippen LogP contribution in [0.15, 0.2) is 41.8 Å². The van der Waals surface area contributed by atoms with E-state index < -0.39 is 20.9 Å². The fourth-order valence-electron chi connectivity index (χ4n) is 2.78. The van der Waals surface area contributed by atoms with Crippen molar-refractivity contribution in [1.82, 2.24) is 4.90 Å². The van der Waals surface area contributed by atoms with E-state index in [2.05, 4.69) is 0 Å². The zero-order valence-corrected chi connectivity index (χ0v) is 15.1. The molecule has 134 valence electrons. The number of hydrogen-bond acceptors (Lipinski definition) is 5. The SMILES string of the molecule is O=C(COc1ccccc1F)N1CC[C@@H](c2cccs2)S(=O)(=O)CC1. The average molecular weight is 383 g/mol. The van der Waals surface area contributed by atoms with Crippen LogP contribution in [0, 0.1) is 5.82 Å². The van der Waals surface area contributed by atoms with Crippen molar-refractivity contribution in [2.24, 2.45) is 0 Å². The molecule has 0 radical (unpaired) electrons. The van der Waals surface area contributed by atoms with Gasteiger partial charge < -0.3 is 9.64 Å². The maximum absolute atomic E-state index is 13.5. The molecule has 3 rings (SSSR count). The minimum Gasteiger partial charge on any atom is -0.481 e. The van der Waals surface area contributed by atoms with Crippen molar-refractivity contribution >= 4 is 27.1 Å². The maximum atomic E-state index is 13.5. The van der Waals surface area contributed by atoms with Crippen molar-refractivity contribution in [2.75, 3.05) is 25.4 Å². The lowest BCUT2D eigenvalue weighted by molar-refractivity contribution is -0.133. The lowest BCUT2D eigenvalue weighted by atomic mass is 10.2. The van der Waals surface area contributed by atoms with Gasteiger partial charge in [0.25, 0.3) is 5.91 Å². The molecule has 1 fully saturated rings. The zero-order valence-electron chi connectivity index (χ0n) is 13.4. The first-order valence-electron chi connectivity index (χ1n) is 7.87. The molecule has 1 aliphatic rings. The molecule has 1 atom stereocenters. The molecule has 1 amide bonds. The van der Waals surface area contributed by atoms with Gasteiger partial charge >= 0.3 is 0 Å². The van der Waals surface area contributed by atoms with E-state index in [9.17, 15) is 17.6 Å². The molecule has 0 N–H and O–H groups in total. The van der Waals surface area contributed by atoms with Crippen molar-refractivity contribution in [3.05, 3.63) is 52.5 Å². The van der Waals surface area contributed by atoms with Crippen LogP contribution in [0.4, 0.5) is 4.39 Å². The van der Waals surface area contributed by atoms with E-state index in [0.717, 1.165) is 4.88 Å². The van der Waals surface area contributed by atoms with Crippen LogP contribution in [0.5, 0.6) is 5.75 Å². The van der Waals surface area contributed by atoms with Gasteiger partial charge in [0.15, 0.2) is 28.0 Å². The maximum Gasteiger partial charge on any atom is 0.260 e. The van der Waals surface area contributed by atoms with Gasteiger partial charge in [0.2, 0.25) is 0 Å². The largest absolute Gasteiger partial charge is 0.481 e. The molecule has 0 bridgehead atoms. The van der Waals surface area contributed by atoms with Gasteiger partial charge in [-0.1, -0.05) is 18.2 Å². The first kappa shape index (κ1) is 17.9. The highest BCUT2D eigenvalue weighted by Gasteiger charge is 2.33. The molecule has 5 nitrogen and oxygen atoms in total. The van der Waals surface area contributed by atoms with Crippen molar-refractivity contribution in [3.8, 4) is 5.75 Å². The summed E-state index contributed by atoms with van der Waals surface area (Å²) in [6.07, 6.45) is 0.355. The summed E-state index contributed by atoms with van der Waals surface area (Å²) >= 11 is 1.41. The molecule has 0 aliphatic carbocycles. The van der Waals surface area contributed by atoms with Crippen LogP contribution in [0.3, 0.4) is 0 Å². The molecule has 1 aromatic carbocycles. The van der Waals surface area contributed by atoms with E-state index in [1.165, 1.54) is 34.4 Å². The first-order chi connectivity index (χ1) is 12.0.